The van der Waals surface area contributed by atoms with E-state index in [9.17, 15) is 18.4 Å². The van der Waals surface area contributed by atoms with E-state index in [0.717, 1.165) is 58.6 Å². The zero-order chi connectivity index (χ0) is 28.1. The maximum atomic E-state index is 14.3. The van der Waals surface area contributed by atoms with Crippen LogP contribution in [-0.4, -0.2) is 44.5 Å². The van der Waals surface area contributed by atoms with Crippen LogP contribution in [0, 0.1) is 25.5 Å². The number of imidazole rings is 1. The van der Waals surface area contributed by atoms with Crippen molar-refractivity contribution < 1.29 is 22.9 Å². The molecule has 2 saturated heterocycles. The van der Waals surface area contributed by atoms with Gasteiger partial charge in [-0.3, -0.25) is 9.59 Å². The molecule has 40 heavy (non-hydrogen) atoms. The highest BCUT2D eigenvalue weighted by Gasteiger charge is 2.36. The van der Waals surface area contributed by atoms with Gasteiger partial charge in [-0.05, 0) is 69.4 Å². The van der Waals surface area contributed by atoms with Crippen molar-refractivity contribution in [2.24, 2.45) is 0 Å². The van der Waals surface area contributed by atoms with E-state index in [0.29, 0.717) is 43.9 Å². The lowest BCUT2D eigenvalue weighted by molar-refractivity contribution is -0.130. The van der Waals surface area contributed by atoms with Gasteiger partial charge in [-0.1, -0.05) is 11.2 Å². The number of likely N-dealkylation sites (tertiary alicyclic amines) is 1. The van der Waals surface area contributed by atoms with E-state index in [1.807, 2.05) is 36.9 Å². The SMILES string of the molecule is CC(=O)N1CCC(n2c([C@@H]3CCCC(=O)N3c3ccc(F)c(F)c3)nc3cc(-c4c(C)noc4C)ccc32)CC1. The quantitative estimate of drug-likeness (QED) is 0.312. The second-order valence-electron chi connectivity index (χ2n) is 10.8. The van der Waals surface area contributed by atoms with E-state index >= 15 is 0 Å². The van der Waals surface area contributed by atoms with Gasteiger partial charge in [-0.25, -0.2) is 13.8 Å². The number of amides is 2. The van der Waals surface area contributed by atoms with Gasteiger partial charge in [0.1, 0.15) is 11.6 Å². The molecular weight excluding hydrogens is 516 g/mol. The van der Waals surface area contributed by atoms with Crippen LogP contribution in [0.2, 0.25) is 0 Å². The lowest BCUT2D eigenvalue weighted by Crippen LogP contribution is -2.41. The maximum Gasteiger partial charge on any atom is 0.227 e. The maximum absolute atomic E-state index is 14.3. The summed E-state index contributed by atoms with van der Waals surface area (Å²) in [5, 5.41) is 4.09. The number of aromatic nitrogens is 3. The number of benzene rings is 2. The van der Waals surface area contributed by atoms with Crippen molar-refractivity contribution in [1.29, 1.82) is 0 Å². The number of piperidine rings is 2. The second kappa shape index (κ2) is 10.1. The molecular formula is C30H31F2N5O3. The lowest BCUT2D eigenvalue weighted by atomic mass is 9.98. The van der Waals surface area contributed by atoms with Crippen LogP contribution in [-0.2, 0) is 9.59 Å². The lowest BCUT2D eigenvalue weighted by Gasteiger charge is -2.38. The molecule has 1 atom stereocenters. The standard InChI is InChI=1S/C30H31F2N5O3/c1-17-29(18(2)40-34-17)20-7-10-26-25(15-20)33-30(37(26)21-11-13-35(14-12-21)19(3)38)27-5-4-6-28(39)36(27)22-8-9-23(31)24(32)16-22/h7-10,15-16,21,27H,4-6,11-14H2,1-3H3/t27-/m0/s1. The van der Waals surface area contributed by atoms with E-state index in [2.05, 4.69) is 9.72 Å². The molecule has 10 heteroatoms. The highest BCUT2D eigenvalue weighted by molar-refractivity contribution is 5.95. The Morgan fingerprint density at radius 2 is 1.80 bits per heavy atom. The fourth-order valence-corrected chi connectivity index (χ4v) is 6.30. The predicted molar refractivity (Wildman–Crippen MR) is 146 cm³/mol. The minimum Gasteiger partial charge on any atom is -0.361 e. The fraction of sp³-hybridized carbons (Fsp3) is 0.400. The molecule has 208 valence electrons. The Kier molecular flexibility index (Phi) is 6.64. The Bertz CT molecular complexity index is 1600. The molecule has 2 aliphatic heterocycles. The smallest absolute Gasteiger partial charge is 0.227 e. The molecule has 0 spiro atoms. The zero-order valence-corrected chi connectivity index (χ0v) is 22.8. The first-order valence-electron chi connectivity index (χ1n) is 13.7. The van der Waals surface area contributed by atoms with Crippen molar-refractivity contribution in [2.75, 3.05) is 18.0 Å². The number of anilines is 1. The van der Waals surface area contributed by atoms with Gasteiger partial charge in [0.25, 0.3) is 0 Å². The van der Waals surface area contributed by atoms with Gasteiger partial charge in [0.05, 0.1) is 22.8 Å². The molecule has 0 unspecified atom stereocenters. The Labute approximate surface area is 230 Å². The van der Waals surface area contributed by atoms with E-state index in [4.69, 9.17) is 9.51 Å². The number of carbonyl (C=O) groups excluding carboxylic acids is 2. The summed E-state index contributed by atoms with van der Waals surface area (Å²) in [6.07, 6.45) is 3.12. The first-order chi connectivity index (χ1) is 19.2. The molecule has 0 N–H and O–H groups in total. The van der Waals surface area contributed by atoms with Crippen molar-refractivity contribution in [2.45, 2.75) is 65.0 Å². The van der Waals surface area contributed by atoms with Gasteiger partial charge in [-0.2, -0.15) is 0 Å². The molecule has 2 amide bonds. The van der Waals surface area contributed by atoms with Gasteiger partial charge in [0, 0.05) is 49.8 Å². The first kappa shape index (κ1) is 26.2. The average molecular weight is 548 g/mol. The summed E-state index contributed by atoms with van der Waals surface area (Å²) >= 11 is 0. The first-order valence-corrected chi connectivity index (χ1v) is 13.7. The third-order valence-corrected chi connectivity index (χ3v) is 8.24. The van der Waals surface area contributed by atoms with Crippen LogP contribution in [0.25, 0.3) is 22.2 Å². The Morgan fingerprint density at radius 1 is 1.02 bits per heavy atom. The Hall–Kier alpha value is -4.08. The highest BCUT2D eigenvalue weighted by atomic mass is 19.2. The van der Waals surface area contributed by atoms with Gasteiger partial charge in [0.2, 0.25) is 11.8 Å². The van der Waals surface area contributed by atoms with Crippen molar-refractivity contribution in [3.63, 3.8) is 0 Å². The average Bonchev–Trinajstić information content (AvgIpc) is 3.48. The molecule has 0 radical (unpaired) electrons. The van der Waals surface area contributed by atoms with Crippen molar-refractivity contribution in [1.82, 2.24) is 19.6 Å². The summed E-state index contributed by atoms with van der Waals surface area (Å²) in [6, 6.07) is 9.27. The molecule has 0 aliphatic carbocycles. The van der Waals surface area contributed by atoms with Gasteiger partial charge in [-0.15, -0.1) is 0 Å². The Morgan fingerprint density at radius 3 is 2.48 bits per heavy atom. The van der Waals surface area contributed by atoms with Crippen LogP contribution >= 0.6 is 0 Å². The summed E-state index contributed by atoms with van der Waals surface area (Å²) < 4.78 is 35.7. The predicted octanol–water partition coefficient (Wildman–Crippen LogP) is 6.03. The number of hydrogen-bond donors (Lipinski definition) is 0. The summed E-state index contributed by atoms with van der Waals surface area (Å²) in [5.41, 5.74) is 4.65. The van der Waals surface area contributed by atoms with Crippen LogP contribution < -0.4 is 4.90 Å². The van der Waals surface area contributed by atoms with E-state index in [-0.39, 0.29) is 17.9 Å². The summed E-state index contributed by atoms with van der Waals surface area (Å²) in [4.78, 5) is 33.8. The normalized spacial score (nSPS) is 18.6. The molecule has 4 aromatic rings. The number of rotatable bonds is 4. The van der Waals surface area contributed by atoms with Crippen LogP contribution in [0.5, 0.6) is 0 Å². The third kappa shape index (κ3) is 4.45. The van der Waals surface area contributed by atoms with E-state index in [1.54, 1.807) is 11.8 Å². The van der Waals surface area contributed by atoms with Crippen molar-refractivity contribution in [3.05, 3.63) is 65.3 Å². The minimum absolute atomic E-state index is 0.0562. The summed E-state index contributed by atoms with van der Waals surface area (Å²) in [5.74, 6) is -0.616. The molecule has 0 saturated carbocycles. The molecule has 2 aromatic heterocycles. The van der Waals surface area contributed by atoms with Crippen molar-refractivity contribution >= 4 is 28.5 Å². The number of aryl methyl sites for hydroxylation is 2. The van der Waals surface area contributed by atoms with Crippen LogP contribution in [0.1, 0.15) is 68.4 Å². The highest BCUT2D eigenvalue weighted by Crippen LogP contribution is 2.41. The zero-order valence-electron chi connectivity index (χ0n) is 22.8. The number of halogens is 2. The Balaban J connectivity index is 1.50. The van der Waals surface area contributed by atoms with Gasteiger partial charge in [0.15, 0.2) is 11.6 Å². The molecule has 2 fully saturated rings. The van der Waals surface area contributed by atoms with Crippen molar-refractivity contribution in [3.8, 4) is 11.1 Å². The third-order valence-electron chi connectivity index (χ3n) is 8.24. The fourth-order valence-electron chi connectivity index (χ4n) is 6.30. The molecule has 8 nitrogen and oxygen atoms in total. The van der Waals surface area contributed by atoms with E-state index < -0.39 is 17.7 Å². The molecule has 4 heterocycles. The van der Waals surface area contributed by atoms with Crippen LogP contribution in [0.15, 0.2) is 40.9 Å². The van der Waals surface area contributed by atoms with Gasteiger partial charge < -0.3 is 18.9 Å². The largest absolute Gasteiger partial charge is 0.361 e. The number of fused-ring (bicyclic) bond motifs is 1. The second-order valence-corrected chi connectivity index (χ2v) is 10.8. The molecule has 6 rings (SSSR count). The monoisotopic (exact) mass is 547 g/mol. The van der Waals surface area contributed by atoms with Crippen LogP contribution in [0.3, 0.4) is 0 Å². The number of carbonyl (C=O) groups is 2. The molecule has 2 aliphatic rings. The van der Waals surface area contributed by atoms with Gasteiger partial charge >= 0.3 is 0 Å². The number of hydrogen-bond acceptors (Lipinski definition) is 5. The minimum atomic E-state index is -0.996. The number of nitrogens with zero attached hydrogens (tertiary/aromatic N) is 5. The molecule has 0 bridgehead atoms. The molecule has 2 aromatic carbocycles. The van der Waals surface area contributed by atoms with E-state index in [1.165, 1.54) is 6.07 Å². The summed E-state index contributed by atoms with van der Waals surface area (Å²) in [7, 11) is 0. The topological polar surface area (TPSA) is 84.5 Å². The van der Waals surface area contributed by atoms with Crippen LogP contribution in [0.4, 0.5) is 14.5 Å². The summed E-state index contributed by atoms with van der Waals surface area (Å²) in [6.45, 7) is 6.62.